The molecule has 0 amide bonds. The van der Waals surface area contributed by atoms with Crippen LogP contribution in [0.5, 0.6) is 11.5 Å². The highest BCUT2D eigenvalue weighted by molar-refractivity contribution is 9.10. The summed E-state index contributed by atoms with van der Waals surface area (Å²) in [6, 6.07) is 17.7. The molecular formula is C21H18BrClN2O4. The number of nitrogens with one attached hydrogen (secondary N) is 1. The van der Waals surface area contributed by atoms with Crippen molar-refractivity contribution in [2.24, 2.45) is 0 Å². The van der Waals surface area contributed by atoms with Gasteiger partial charge >= 0.3 is 0 Å². The summed E-state index contributed by atoms with van der Waals surface area (Å²) in [4.78, 5) is 10.3. The Hall–Kier alpha value is -2.77. The van der Waals surface area contributed by atoms with Crippen LogP contribution in [-0.2, 0) is 13.2 Å². The molecule has 150 valence electrons. The number of hydrogen-bond acceptors (Lipinski definition) is 5. The van der Waals surface area contributed by atoms with Crippen LogP contribution in [0.25, 0.3) is 0 Å². The van der Waals surface area contributed by atoms with Crippen LogP contribution in [0.3, 0.4) is 0 Å². The Labute approximate surface area is 181 Å². The minimum absolute atomic E-state index is 0.0486. The van der Waals surface area contributed by atoms with Gasteiger partial charge in [0.15, 0.2) is 11.5 Å². The highest BCUT2D eigenvalue weighted by Gasteiger charge is 2.13. The lowest BCUT2D eigenvalue weighted by molar-refractivity contribution is -0.384. The quantitative estimate of drug-likeness (QED) is 0.308. The molecule has 29 heavy (non-hydrogen) atoms. The van der Waals surface area contributed by atoms with Crippen molar-refractivity contribution in [1.29, 1.82) is 0 Å². The number of halogens is 2. The van der Waals surface area contributed by atoms with Gasteiger partial charge in [0.25, 0.3) is 5.69 Å². The van der Waals surface area contributed by atoms with Crippen molar-refractivity contribution < 1.29 is 14.4 Å². The van der Waals surface area contributed by atoms with E-state index in [2.05, 4.69) is 21.2 Å². The number of benzene rings is 3. The summed E-state index contributed by atoms with van der Waals surface area (Å²) >= 11 is 9.83. The third-order valence-electron chi connectivity index (χ3n) is 4.16. The van der Waals surface area contributed by atoms with Crippen molar-refractivity contribution >= 4 is 38.9 Å². The van der Waals surface area contributed by atoms with Crippen molar-refractivity contribution in [3.05, 3.63) is 91.4 Å². The summed E-state index contributed by atoms with van der Waals surface area (Å²) in [5.41, 5.74) is 2.71. The highest BCUT2D eigenvalue weighted by atomic mass is 79.9. The molecule has 0 aliphatic heterocycles. The summed E-state index contributed by atoms with van der Waals surface area (Å²) in [5.74, 6) is 1.02. The van der Waals surface area contributed by atoms with Gasteiger partial charge in [-0.25, -0.2) is 0 Å². The molecule has 0 fully saturated rings. The van der Waals surface area contributed by atoms with Gasteiger partial charge in [0, 0.05) is 28.8 Å². The zero-order valence-electron chi connectivity index (χ0n) is 15.5. The molecule has 0 unspecified atom stereocenters. The molecule has 0 aliphatic carbocycles. The van der Waals surface area contributed by atoms with Crippen LogP contribution < -0.4 is 14.8 Å². The number of rotatable bonds is 8. The van der Waals surface area contributed by atoms with E-state index in [1.54, 1.807) is 25.3 Å². The van der Waals surface area contributed by atoms with Gasteiger partial charge in [-0.3, -0.25) is 10.1 Å². The number of methoxy groups -OCH3 is 1. The topological polar surface area (TPSA) is 73.6 Å². The molecule has 0 saturated carbocycles. The summed E-state index contributed by atoms with van der Waals surface area (Å²) in [5, 5.41) is 14.4. The predicted molar refractivity (Wildman–Crippen MR) is 117 cm³/mol. The zero-order valence-corrected chi connectivity index (χ0v) is 17.9. The van der Waals surface area contributed by atoms with Crippen LogP contribution in [0.1, 0.15) is 11.1 Å². The summed E-state index contributed by atoms with van der Waals surface area (Å²) in [6.45, 7) is 0.838. The molecule has 0 heterocycles. The van der Waals surface area contributed by atoms with E-state index in [-0.39, 0.29) is 5.69 Å². The van der Waals surface area contributed by atoms with Crippen LogP contribution in [0.4, 0.5) is 11.4 Å². The number of nitro benzene ring substituents is 1. The van der Waals surface area contributed by atoms with Crippen molar-refractivity contribution in [2.75, 3.05) is 12.4 Å². The van der Waals surface area contributed by atoms with Crippen LogP contribution >= 0.6 is 27.5 Å². The van der Waals surface area contributed by atoms with Gasteiger partial charge in [-0.15, -0.1) is 0 Å². The second-order valence-electron chi connectivity index (χ2n) is 6.18. The molecule has 0 atom stereocenters. The standard InChI is InChI=1S/C21H18BrClN2O4/c1-28-20-11-15(12-24-17-6-8-18(9-7-17)25(26)27)10-19(23)21(20)29-13-14-2-4-16(22)5-3-14/h2-11,24H,12-13H2,1H3. The first-order chi connectivity index (χ1) is 14.0. The number of nitro groups is 1. The smallest absolute Gasteiger partial charge is 0.269 e. The monoisotopic (exact) mass is 476 g/mol. The molecule has 0 saturated heterocycles. The van der Waals surface area contributed by atoms with E-state index < -0.39 is 4.92 Å². The molecule has 0 aliphatic rings. The number of anilines is 1. The Morgan fingerprint density at radius 2 is 1.76 bits per heavy atom. The lowest BCUT2D eigenvalue weighted by Crippen LogP contribution is -2.03. The number of nitrogens with zero attached hydrogens (tertiary/aromatic N) is 1. The first kappa shape index (κ1) is 21.0. The molecule has 3 aromatic carbocycles. The fourth-order valence-electron chi connectivity index (χ4n) is 2.66. The van der Waals surface area contributed by atoms with Gasteiger partial charge < -0.3 is 14.8 Å². The number of hydrogen-bond donors (Lipinski definition) is 1. The molecule has 3 rings (SSSR count). The van der Waals surface area contributed by atoms with E-state index in [0.29, 0.717) is 29.7 Å². The summed E-state index contributed by atoms with van der Waals surface area (Å²) in [6.07, 6.45) is 0. The first-order valence-corrected chi connectivity index (χ1v) is 9.85. The van der Waals surface area contributed by atoms with Gasteiger partial charge in [-0.05, 0) is 47.5 Å². The van der Waals surface area contributed by atoms with Gasteiger partial charge in [-0.2, -0.15) is 0 Å². The van der Waals surface area contributed by atoms with E-state index in [4.69, 9.17) is 21.1 Å². The number of ether oxygens (including phenoxy) is 2. The zero-order chi connectivity index (χ0) is 20.8. The molecule has 3 aromatic rings. The molecule has 8 heteroatoms. The van der Waals surface area contributed by atoms with Gasteiger partial charge in [0.2, 0.25) is 0 Å². The molecule has 6 nitrogen and oxygen atoms in total. The van der Waals surface area contributed by atoms with Crippen molar-refractivity contribution in [2.45, 2.75) is 13.2 Å². The third-order valence-corrected chi connectivity index (χ3v) is 4.97. The average Bonchev–Trinajstić information content (AvgIpc) is 2.72. The largest absolute Gasteiger partial charge is 0.493 e. The van der Waals surface area contributed by atoms with E-state index in [0.717, 1.165) is 21.3 Å². The maximum absolute atomic E-state index is 10.7. The molecule has 0 radical (unpaired) electrons. The second kappa shape index (κ2) is 9.62. The van der Waals surface area contributed by atoms with E-state index >= 15 is 0 Å². The lowest BCUT2D eigenvalue weighted by Gasteiger charge is -2.15. The maximum atomic E-state index is 10.7. The van der Waals surface area contributed by atoms with Crippen molar-refractivity contribution in [3.8, 4) is 11.5 Å². The van der Waals surface area contributed by atoms with Crippen molar-refractivity contribution in [1.82, 2.24) is 0 Å². The molecular weight excluding hydrogens is 460 g/mol. The Morgan fingerprint density at radius 1 is 1.07 bits per heavy atom. The molecule has 0 spiro atoms. The Morgan fingerprint density at radius 3 is 2.38 bits per heavy atom. The fourth-order valence-corrected chi connectivity index (χ4v) is 3.21. The SMILES string of the molecule is COc1cc(CNc2ccc([N+](=O)[O-])cc2)cc(Cl)c1OCc1ccc(Br)cc1. The maximum Gasteiger partial charge on any atom is 0.269 e. The number of non-ortho nitro benzene ring substituents is 1. The van der Waals surface area contributed by atoms with Crippen LogP contribution in [0, 0.1) is 10.1 Å². The highest BCUT2D eigenvalue weighted by Crippen LogP contribution is 2.37. The summed E-state index contributed by atoms with van der Waals surface area (Å²) < 4.78 is 12.3. The van der Waals surface area contributed by atoms with Gasteiger partial charge in [0.05, 0.1) is 17.1 Å². The van der Waals surface area contributed by atoms with Crippen LogP contribution in [0.2, 0.25) is 5.02 Å². The minimum Gasteiger partial charge on any atom is -0.493 e. The normalized spacial score (nSPS) is 10.4. The third kappa shape index (κ3) is 5.62. The Kier molecular flexibility index (Phi) is 6.95. The minimum atomic E-state index is -0.429. The Bertz CT molecular complexity index is 995. The molecule has 1 N–H and O–H groups in total. The van der Waals surface area contributed by atoms with E-state index in [1.807, 2.05) is 30.3 Å². The lowest BCUT2D eigenvalue weighted by atomic mass is 10.2. The average molecular weight is 478 g/mol. The van der Waals surface area contributed by atoms with Crippen LogP contribution in [0.15, 0.2) is 65.1 Å². The second-order valence-corrected chi connectivity index (χ2v) is 7.50. The fraction of sp³-hybridized carbons (Fsp3) is 0.143. The molecule has 0 bridgehead atoms. The van der Waals surface area contributed by atoms with Gasteiger partial charge in [-0.1, -0.05) is 39.7 Å². The Balaban J connectivity index is 1.68. The van der Waals surface area contributed by atoms with Crippen LogP contribution in [-0.4, -0.2) is 12.0 Å². The first-order valence-electron chi connectivity index (χ1n) is 8.68. The summed E-state index contributed by atoms with van der Waals surface area (Å²) in [7, 11) is 1.56. The predicted octanol–water partition coefficient (Wildman–Crippen LogP) is 6.21. The van der Waals surface area contributed by atoms with Gasteiger partial charge in [0.1, 0.15) is 6.61 Å². The van der Waals surface area contributed by atoms with E-state index in [1.165, 1.54) is 12.1 Å². The van der Waals surface area contributed by atoms with E-state index in [9.17, 15) is 10.1 Å². The molecule has 0 aromatic heterocycles. The van der Waals surface area contributed by atoms with Crippen molar-refractivity contribution in [3.63, 3.8) is 0 Å².